The van der Waals surface area contributed by atoms with E-state index >= 15 is 0 Å². The second kappa shape index (κ2) is 10.9. The summed E-state index contributed by atoms with van der Waals surface area (Å²) in [6, 6.07) is 15.5. The molecule has 0 bridgehead atoms. The first-order chi connectivity index (χ1) is 15.7. The van der Waals surface area contributed by atoms with E-state index in [-0.39, 0.29) is 18.7 Å². The molecule has 4 rings (SSSR count). The molecule has 2 N–H and O–H groups in total. The number of aryl methyl sites for hydroxylation is 1. The SMILES string of the molecule is O=C(NCCN1CCN(C(=O)NCCCc2ccccc2)CC1)c1ccc2c(c1)OCO2. The molecule has 8 nitrogen and oxygen atoms in total. The Bertz CT molecular complexity index is 913. The molecule has 2 aromatic rings. The molecular formula is C24H30N4O4. The van der Waals surface area contributed by atoms with Crippen molar-refractivity contribution in [2.24, 2.45) is 0 Å². The van der Waals surface area contributed by atoms with Crippen molar-refractivity contribution in [1.82, 2.24) is 20.4 Å². The van der Waals surface area contributed by atoms with E-state index in [4.69, 9.17) is 9.47 Å². The largest absolute Gasteiger partial charge is 0.454 e. The lowest BCUT2D eigenvalue weighted by atomic mass is 10.1. The molecule has 0 saturated carbocycles. The van der Waals surface area contributed by atoms with Gasteiger partial charge >= 0.3 is 6.03 Å². The fourth-order valence-corrected chi connectivity index (χ4v) is 3.89. The third kappa shape index (κ3) is 5.91. The highest BCUT2D eigenvalue weighted by atomic mass is 16.7. The van der Waals surface area contributed by atoms with Gasteiger partial charge in [0, 0.05) is 51.4 Å². The molecule has 2 aromatic carbocycles. The van der Waals surface area contributed by atoms with E-state index in [9.17, 15) is 9.59 Å². The first-order valence-corrected chi connectivity index (χ1v) is 11.2. The van der Waals surface area contributed by atoms with Gasteiger partial charge in [-0.25, -0.2) is 4.79 Å². The molecule has 170 valence electrons. The summed E-state index contributed by atoms with van der Waals surface area (Å²) in [6.45, 7) is 5.18. The lowest BCUT2D eigenvalue weighted by molar-refractivity contribution is 0.0941. The Balaban J connectivity index is 1.09. The molecule has 1 fully saturated rings. The van der Waals surface area contributed by atoms with Gasteiger partial charge in [0.05, 0.1) is 0 Å². The third-order valence-corrected chi connectivity index (χ3v) is 5.77. The van der Waals surface area contributed by atoms with Gasteiger partial charge in [-0.15, -0.1) is 0 Å². The van der Waals surface area contributed by atoms with Crippen molar-refractivity contribution in [2.45, 2.75) is 12.8 Å². The fraction of sp³-hybridized carbons (Fsp3) is 0.417. The van der Waals surface area contributed by atoms with Gasteiger partial charge in [0.15, 0.2) is 11.5 Å². The predicted octanol–water partition coefficient (Wildman–Crippen LogP) is 2.11. The van der Waals surface area contributed by atoms with Gasteiger partial charge in [-0.3, -0.25) is 9.69 Å². The normalized spacial score (nSPS) is 15.4. The number of carbonyl (C=O) groups is 2. The van der Waals surface area contributed by atoms with Crippen molar-refractivity contribution in [3.05, 3.63) is 59.7 Å². The van der Waals surface area contributed by atoms with E-state index in [0.717, 1.165) is 32.5 Å². The van der Waals surface area contributed by atoms with Crippen molar-refractivity contribution >= 4 is 11.9 Å². The second-order valence-electron chi connectivity index (χ2n) is 7.97. The first kappa shape index (κ1) is 22.0. The van der Waals surface area contributed by atoms with Gasteiger partial charge in [-0.2, -0.15) is 0 Å². The summed E-state index contributed by atoms with van der Waals surface area (Å²) in [5, 5.41) is 5.97. The van der Waals surface area contributed by atoms with Gasteiger partial charge in [0.1, 0.15) is 0 Å². The molecule has 32 heavy (non-hydrogen) atoms. The van der Waals surface area contributed by atoms with E-state index in [2.05, 4.69) is 27.7 Å². The summed E-state index contributed by atoms with van der Waals surface area (Å²) in [7, 11) is 0. The van der Waals surface area contributed by atoms with E-state index in [1.807, 2.05) is 23.1 Å². The summed E-state index contributed by atoms with van der Waals surface area (Å²) in [5.41, 5.74) is 1.85. The van der Waals surface area contributed by atoms with Crippen LogP contribution in [0.1, 0.15) is 22.3 Å². The fourth-order valence-electron chi connectivity index (χ4n) is 3.89. The number of rotatable bonds is 8. The van der Waals surface area contributed by atoms with Gasteiger partial charge < -0.3 is 25.0 Å². The molecule has 0 aromatic heterocycles. The lowest BCUT2D eigenvalue weighted by Crippen LogP contribution is -2.52. The number of ether oxygens (including phenoxy) is 2. The van der Waals surface area contributed by atoms with Crippen LogP contribution >= 0.6 is 0 Å². The van der Waals surface area contributed by atoms with Crippen LogP contribution in [0.4, 0.5) is 4.79 Å². The van der Waals surface area contributed by atoms with Crippen LogP contribution in [0.3, 0.4) is 0 Å². The highest BCUT2D eigenvalue weighted by Gasteiger charge is 2.21. The minimum atomic E-state index is -0.128. The van der Waals surface area contributed by atoms with Crippen molar-refractivity contribution in [3.63, 3.8) is 0 Å². The molecule has 1 saturated heterocycles. The Labute approximate surface area is 188 Å². The summed E-state index contributed by atoms with van der Waals surface area (Å²) < 4.78 is 10.6. The molecule has 0 spiro atoms. The molecule has 0 radical (unpaired) electrons. The maximum Gasteiger partial charge on any atom is 0.317 e. The van der Waals surface area contributed by atoms with Crippen LogP contribution < -0.4 is 20.1 Å². The van der Waals surface area contributed by atoms with Crippen molar-refractivity contribution in [2.75, 3.05) is 52.6 Å². The molecular weight excluding hydrogens is 408 g/mol. The van der Waals surface area contributed by atoms with E-state index < -0.39 is 0 Å². The third-order valence-electron chi connectivity index (χ3n) is 5.77. The predicted molar refractivity (Wildman–Crippen MR) is 121 cm³/mol. The van der Waals surface area contributed by atoms with Crippen LogP contribution in [0.25, 0.3) is 0 Å². The Morgan fingerprint density at radius 1 is 0.875 bits per heavy atom. The molecule has 8 heteroatoms. The van der Waals surface area contributed by atoms with E-state index in [1.165, 1.54) is 5.56 Å². The Morgan fingerprint density at radius 2 is 1.66 bits per heavy atom. The van der Waals surface area contributed by atoms with Crippen LogP contribution in [-0.4, -0.2) is 74.3 Å². The topological polar surface area (TPSA) is 83.1 Å². The number of fused-ring (bicyclic) bond motifs is 1. The van der Waals surface area contributed by atoms with Crippen molar-refractivity contribution < 1.29 is 19.1 Å². The van der Waals surface area contributed by atoms with Gasteiger partial charge in [-0.05, 0) is 36.6 Å². The van der Waals surface area contributed by atoms with Crippen LogP contribution in [-0.2, 0) is 6.42 Å². The summed E-state index contributed by atoms with van der Waals surface area (Å²) in [5.74, 6) is 1.14. The Kier molecular flexibility index (Phi) is 7.45. The zero-order chi connectivity index (χ0) is 22.2. The maximum atomic E-state index is 12.4. The summed E-state index contributed by atoms with van der Waals surface area (Å²) in [4.78, 5) is 28.9. The minimum absolute atomic E-state index is 0.00817. The second-order valence-corrected chi connectivity index (χ2v) is 7.97. The standard InChI is InChI=1S/C24H30N4O4/c29-23(20-8-9-21-22(17-20)32-18-31-21)25-11-12-27-13-15-28(16-14-27)24(30)26-10-4-7-19-5-2-1-3-6-19/h1-3,5-6,8-9,17H,4,7,10-16,18H2,(H,25,29)(H,26,30). The monoisotopic (exact) mass is 438 g/mol. The number of nitrogens with one attached hydrogen (secondary N) is 2. The number of benzene rings is 2. The number of amides is 3. The molecule has 0 aliphatic carbocycles. The van der Waals surface area contributed by atoms with Crippen LogP contribution in [0.2, 0.25) is 0 Å². The van der Waals surface area contributed by atoms with Gasteiger partial charge in [-0.1, -0.05) is 30.3 Å². The molecule has 2 heterocycles. The maximum absolute atomic E-state index is 12.4. The zero-order valence-corrected chi connectivity index (χ0v) is 18.2. The van der Waals surface area contributed by atoms with Crippen LogP contribution in [0.15, 0.2) is 48.5 Å². The zero-order valence-electron chi connectivity index (χ0n) is 18.2. The molecule has 2 aliphatic heterocycles. The highest BCUT2D eigenvalue weighted by Crippen LogP contribution is 2.32. The number of piperazine rings is 1. The van der Waals surface area contributed by atoms with E-state index in [0.29, 0.717) is 43.2 Å². The molecule has 0 atom stereocenters. The van der Waals surface area contributed by atoms with Crippen molar-refractivity contribution in [3.8, 4) is 11.5 Å². The number of hydrogen-bond acceptors (Lipinski definition) is 5. The van der Waals surface area contributed by atoms with Gasteiger partial charge in [0.2, 0.25) is 6.79 Å². The Hall–Kier alpha value is -3.26. The minimum Gasteiger partial charge on any atom is -0.454 e. The first-order valence-electron chi connectivity index (χ1n) is 11.2. The highest BCUT2D eigenvalue weighted by molar-refractivity contribution is 5.94. The van der Waals surface area contributed by atoms with E-state index in [1.54, 1.807) is 18.2 Å². The van der Waals surface area contributed by atoms with Crippen LogP contribution in [0, 0.1) is 0 Å². The summed E-state index contributed by atoms with van der Waals surface area (Å²) >= 11 is 0. The van der Waals surface area contributed by atoms with Gasteiger partial charge in [0.25, 0.3) is 5.91 Å². The molecule has 2 aliphatic rings. The van der Waals surface area contributed by atoms with Crippen LogP contribution in [0.5, 0.6) is 11.5 Å². The quantitative estimate of drug-likeness (QED) is 0.617. The smallest absolute Gasteiger partial charge is 0.317 e. The number of hydrogen-bond donors (Lipinski definition) is 2. The average Bonchev–Trinajstić information content (AvgIpc) is 3.31. The lowest BCUT2D eigenvalue weighted by Gasteiger charge is -2.34. The molecule has 0 unspecified atom stereocenters. The molecule has 3 amide bonds. The van der Waals surface area contributed by atoms with Crippen molar-refractivity contribution in [1.29, 1.82) is 0 Å². The Morgan fingerprint density at radius 3 is 2.47 bits per heavy atom. The summed E-state index contributed by atoms with van der Waals surface area (Å²) in [6.07, 6.45) is 1.89. The average molecular weight is 439 g/mol. The number of carbonyl (C=O) groups excluding carboxylic acids is 2. The number of nitrogens with zero attached hydrogens (tertiary/aromatic N) is 2. The number of urea groups is 1.